The third-order valence-electron chi connectivity index (χ3n) is 3.11. The first kappa shape index (κ1) is 13.5. The Hall–Kier alpha value is -2.47. The number of nitrogen functional groups attached to an aromatic ring is 1. The van der Waals surface area contributed by atoms with Crippen molar-refractivity contribution in [1.29, 1.82) is 0 Å². The lowest BCUT2D eigenvalue weighted by Crippen LogP contribution is -2.03. The minimum atomic E-state index is 0.293. The number of aromatic nitrogens is 3. The zero-order valence-corrected chi connectivity index (χ0v) is 12.3. The van der Waals surface area contributed by atoms with Gasteiger partial charge in [-0.25, -0.2) is 4.98 Å². The Kier molecular flexibility index (Phi) is 3.31. The van der Waals surface area contributed by atoms with E-state index in [0.29, 0.717) is 39.5 Å². The predicted octanol–water partition coefficient (Wildman–Crippen LogP) is 2.67. The minimum absolute atomic E-state index is 0.293. The summed E-state index contributed by atoms with van der Waals surface area (Å²) in [5.41, 5.74) is 7.89. The van der Waals surface area contributed by atoms with Gasteiger partial charge in [0.2, 0.25) is 11.8 Å². The summed E-state index contributed by atoms with van der Waals surface area (Å²) in [5, 5.41) is 0.520. The van der Waals surface area contributed by atoms with Gasteiger partial charge >= 0.3 is 0 Å². The van der Waals surface area contributed by atoms with E-state index in [0.717, 1.165) is 0 Å². The van der Waals surface area contributed by atoms with Gasteiger partial charge in [-0.1, -0.05) is 11.6 Å². The molecule has 0 spiro atoms. The molecule has 3 rings (SSSR count). The number of nitrogens with zero attached hydrogens (tertiary/aromatic N) is 3. The van der Waals surface area contributed by atoms with Crippen LogP contribution < -0.4 is 15.2 Å². The van der Waals surface area contributed by atoms with Crippen molar-refractivity contribution in [2.45, 2.75) is 0 Å². The first-order chi connectivity index (χ1) is 10.1. The van der Waals surface area contributed by atoms with E-state index >= 15 is 0 Å². The van der Waals surface area contributed by atoms with Crippen LogP contribution in [-0.2, 0) is 0 Å². The molecule has 21 heavy (non-hydrogen) atoms. The van der Waals surface area contributed by atoms with E-state index in [1.807, 2.05) is 0 Å². The molecule has 0 aliphatic carbocycles. The van der Waals surface area contributed by atoms with Crippen LogP contribution in [0.15, 0.2) is 30.3 Å². The highest BCUT2D eigenvalue weighted by molar-refractivity contribution is 6.32. The number of imidazole rings is 1. The average Bonchev–Trinajstić information content (AvgIpc) is 2.82. The van der Waals surface area contributed by atoms with E-state index in [4.69, 9.17) is 26.8 Å². The number of nitrogens with two attached hydrogens (primary N) is 1. The van der Waals surface area contributed by atoms with Crippen molar-refractivity contribution < 1.29 is 9.47 Å². The highest BCUT2D eigenvalue weighted by atomic mass is 35.5. The van der Waals surface area contributed by atoms with Gasteiger partial charge in [-0.3, -0.25) is 4.57 Å². The summed E-state index contributed by atoms with van der Waals surface area (Å²) in [7, 11) is 3.14. The van der Waals surface area contributed by atoms with Gasteiger partial charge in [0.15, 0.2) is 5.65 Å². The fourth-order valence-electron chi connectivity index (χ4n) is 2.10. The highest BCUT2D eigenvalue weighted by Crippen LogP contribution is 2.30. The summed E-state index contributed by atoms with van der Waals surface area (Å²) in [6.45, 7) is 0. The van der Waals surface area contributed by atoms with E-state index in [2.05, 4.69) is 9.97 Å². The molecule has 2 aromatic heterocycles. The molecular weight excluding hydrogens is 292 g/mol. The molecule has 7 heteroatoms. The molecule has 3 aromatic rings. The highest BCUT2D eigenvalue weighted by Gasteiger charge is 2.15. The van der Waals surface area contributed by atoms with Crippen molar-refractivity contribution in [3.8, 4) is 17.3 Å². The second kappa shape index (κ2) is 5.14. The molecule has 0 unspecified atom stereocenters. The summed E-state index contributed by atoms with van der Waals surface area (Å²) in [6, 6.07) is 8.81. The molecule has 1 aromatic carbocycles. The van der Waals surface area contributed by atoms with E-state index < -0.39 is 0 Å². The zero-order valence-electron chi connectivity index (χ0n) is 11.5. The lowest BCUT2D eigenvalue weighted by molar-refractivity contribution is 0.399. The van der Waals surface area contributed by atoms with Crippen molar-refractivity contribution in [3.05, 3.63) is 35.4 Å². The number of anilines is 1. The standard InChI is InChI=1S/C14H13ClN4O2/c1-20-8-3-4-9(15)11(7-8)19-13-10(17-14(19)16)5-6-12(18-13)21-2/h3-7H,1-2H3,(H2,16,17). The summed E-state index contributed by atoms with van der Waals surface area (Å²) in [6.07, 6.45) is 0. The second-order valence-corrected chi connectivity index (χ2v) is 4.73. The topological polar surface area (TPSA) is 75.2 Å². The molecule has 0 saturated heterocycles. The molecule has 2 N–H and O–H groups in total. The Balaban J connectivity index is 2.31. The number of hydrogen-bond acceptors (Lipinski definition) is 5. The normalized spacial score (nSPS) is 10.8. The van der Waals surface area contributed by atoms with Crippen LogP contribution in [0.5, 0.6) is 11.6 Å². The maximum absolute atomic E-state index is 6.27. The van der Waals surface area contributed by atoms with Gasteiger partial charge in [-0.15, -0.1) is 0 Å². The van der Waals surface area contributed by atoms with Crippen LogP contribution in [0.2, 0.25) is 5.02 Å². The van der Waals surface area contributed by atoms with Crippen LogP contribution >= 0.6 is 11.6 Å². The van der Waals surface area contributed by atoms with Gasteiger partial charge in [0.1, 0.15) is 11.3 Å². The molecule has 0 aliphatic rings. The Morgan fingerprint density at radius 3 is 2.62 bits per heavy atom. The fraction of sp³-hybridized carbons (Fsp3) is 0.143. The Bertz CT molecular complexity index is 816. The summed E-state index contributed by atoms with van der Waals surface area (Å²) < 4.78 is 12.0. The maximum Gasteiger partial charge on any atom is 0.215 e. The molecule has 0 amide bonds. The van der Waals surface area contributed by atoms with E-state index in [1.165, 1.54) is 0 Å². The van der Waals surface area contributed by atoms with E-state index in [1.54, 1.807) is 49.1 Å². The maximum atomic E-state index is 6.27. The summed E-state index contributed by atoms with van der Waals surface area (Å²) in [5.74, 6) is 1.43. The van der Waals surface area contributed by atoms with Crippen molar-refractivity contribution >= 4 is 28.7 Å². The Labute approximate surface area is 126 Å². The monoisotopic (exact) mass is 304 g/mol. The first-order valence-electron chi connectivity index (χ1n) is 6.17. The number of fused-ring (bicyclic) bond motifs is 1. The van der Waals surface area contributed by atoms with Crippen LogP contribution in [0.25, 0.3) is 16.9 Å². The van der Waals surface area contributed by atoms with Gasteiger partial charge in [0.25, 0.3) is 0 Å². The van der Waals surface area contributed by atoms with Crippen LogP contribution in [0.3, 0.4) is 0 Å². The summed E-state index contributed by atoms with van der Waals surface area (Å²) >= 11 is 6.27. The van der Waals surface area contributed by atoms with Gasteiger partial charge < -0.3 is 15.2 Å². The number of pyridine rings is 1. The Morgan fingerprint density at radius 1 is 1.10 bits per heavy atom. The third kappa shape index (κ3) is 2.23. The number of rotatable bonds is 3. The smallest absolute Gasteiger partial charge is 0.215 e. The molecule has 108 valence electrons. The molecule has 0 atom stereocenters. The number of ether oxygens (including phenoxy) is 2. The minimum Gasteiger partial charge on any atom is -0.497 e. The number of methoxy groups -OCH3 is 2. The van der Waals surface area contributed by atoms with Gasteiger partial charge in [0, 0.05) is 12.1 Å². The lowest BCUT2D eigenvalue weighted by atomic mass is 10.3. The molecule has 0 saturated carbocycles. The molecule has 0 bridgehead atoms. The number of hydrogen-bond donors (Lipinski definition) is 1. The largest absolute Gasteiger partial charge is 0.497 e. The lowest BCUT2D eigenvalue weighted by Gasteiger charge is -2.10. The van der Waals surface area contributed by atoms with Crippen LogP contribution in [-0.4, -0.2) is 28.8 Å². The van der Waals surface area contributed by atoms with Crippen molar-refractivity contribution in [1.82, 2.24) is 14.5 Å². The predicted molar refractivity (Wildman–Crippen MR) is 81.4 cm³/mol. The molecule has 0 fully saturated rings. The molecule has 0 aliphatic heterocycles. The van der Waals surface area contributed by atoms with E-state index in [-0.39, 0.29) is 0 Å². The SMILES string of the molecule is COc1ccc(Cl)c(-n2c(N)nc3ccc(OC)nc32)c1. The summed E-state index contributed by atoms with van der Waals surface area (Å²) in [4.78, 5) is 8.67. The fourth-order valence-corrected chi connectivity index (χ4v) is 2.30. The van der Waals surface area contributed by atoms with Crippen LogP contribution in [0.4, 0.5) is 5.95 Å². The van der Waals surface area contributed by atoms with Gasteiger partial charge in [-0.2, -0.15) is 4.98 Å². The molecule has 2 heterocycles. The molecule has 6 nitrogen and oxygen atoms in total. The average molecular weight is 305 g/mol. The zero-order chi connectivity index (χ0) is 15.0. The quantitative estimate of drug-likeness (QED) is 0.805. The van der Waals surface area contributed by atoms with Crippen molar-refractivity contribution in [2.24, 2.45) is 0 Å². The number of benzene rings is 1. The van der Waals surface area contributed by atoms with E-state index in [9.17, 15) is 0 Å². The first-order valence-corrected chi connectivity index (χ1v) is 6.54. The van der Waals surface area contributed by atoms with Crippen molar-refractivity contribution in [3.63, 3.8) is 0 Å². The second-order valence-electron chi connectivity index (χ2n) is 4.32. The van der Waals surface area contributed by atoms with Crippen LogP contribution in [0, 0.1) is 0 Å². The van der Waals surface area contributed by atoms with Gasteiger partial charge in [-0.05, 0) is 18.2 Å². The third-order valence-corrected chi connectivity index (χ3v) is 3.43. The van der Waals surface area contributed by atoms with Gasteiger partial charge in [0.05, 0.1) is 24.9 Å². The van der Waals surface area contributed by atoms with Crippen molar-refractivity contribution in [2.75, 3.05) is 20.0 Å². The Morgan fingerprint density at radius 2 is 1.90 bits per heavy atom. The molecule has 0 radical (unpaired) electrons. The molecular formula is C14H13ClN4O2. The number of halogens is 1. The van der Waals surface area contributed by atoms with Crippen LogP contribution in [0.1, 0.15) is 0 Å².